The molecule has 0 bridgehead atoms. The summed E-state index contributed by atoms with van der Waals surface area (Å²) in [5, 5.41) is 2.91. The molecule has 0 atom stereocenters. The second-order valence-corrected chi connectivity index (χ2v) is 4.77. The number of hydrogen-bond acceptors (Lipinski definition) is 2. The van der Waals surface area contributed by atoms with Crippen LogP contribution in [0.2, 0.25) is 0 Å². The Labute approximate surface area is 131 Å². The number of allylic oxidation sites excluding steroid dienone is 4. The molecule has 0 unspecified atom stereocenters. The Balaban J connectivity index is 2.41. The van der Waals surface area contributed by atoms with E-state index in [0.29, 0.717) is 23.4 Å². The first-order valence-electron chi connectivity index (χ1n) is 7.35. The minimum Gasteiger partial charge on any atom is -0.463 e. The van der Waals surface area contributed by atoms with Crippen molar-refractivity contribution in [2.24, 2.45) is 0 Å². The van der Waals surface area contributed by atoms with E-state index in [2.05, 4.69) is 17.2 Å². The van der Waals surface area contributed by atoms with Crippen LogP contribution < -0.4 is 10.1 Å². The SMILES string of the molecule is C/C=C\C#CC1=COc2ccccc2C(C(=O)NCCC)=C1. The minimum absolute atomic E-state index is 0.112. The van der Waals surface area contributed by atoms with Gasteiger partial charge in [-0.25, -0.2) is 0 Å². The first-order valence-corrected chi connectivity index (χ1v) is 7.35. The lowest BCUT2D eigenvalue weighted by Crippen LogP contribution is -2.25. The Morgan fingerprint density at radius 2 is 2.18 bits per heavy atom. The number of amides is 1. The fraction of sp³-hybridized carbons (Fsp3) is 0.211. The Kier molecular flexibility index (Phi) is 5.62. The highest BCUT2D eigenvalue weighted by molar-refractivity contribution is 6.21. The molecule has 112 valence electrons. The van der Waals surface area contributed by atoms with Crippen molar-refractivity contribution in [3.8, 4) is 17.6 Å². The summed E-state index contributed by atoms with van der Waals surface area (Å²) < 4.78 is 5.66. The third-order valence-corrected chi connectivity index (χ3v) is 3.04. The van der Waals surface area contributed by atoms with E-state index in [-0.39, 0.29) is 5.91 Å². The zero-order valence-electron chi connectivity index (χ0n) is 12.8. The zero-order valence-corrected chi connectivity index (χ0v) is 12.8. The molecule has 0 fully saturated rings. The number of nitrogens with one attached hydrogen (secondary N) is 1. The van der Waals surface area contributed by atoms with E-state index in [4.69, 9.17) is 4.74 Å². The molecule has 0 aromatic heterocycles. The van der Waals surface area contributed by atoms with Gasteiger partial charge in [-0.15, -0.1) is 0 Å². The van der Waals surface area contributed by atoms with E-state index in [1.807, 2.05) is 44.2 Å². The standard InChI is InChI=1S/C19H19NO2/c1-3-5-6-9-15-13-17(19(21)20-12-4-2)16-10-7-8-11-18(16)22-14-15/h3,5,7-8,10-11,13-14H,4,12H2,1-2H3,(H,20,21)/b5-3-. The summed E-state index contributed by atoms with van der Waals surface area (Å²) in [5.74, 6) is 6.43. The Morgan fingerprint density at radius 1 is 1.36 bits per heavy atom. The van der Waals surface area contributed by atoms with Crippen molar-refractivity contribution in [3.05, 3.63) is 59.9 Å². The molecule has 3 heteroatoms. The molecule has 1 aliphatic rings. The van der Waals surface area contributed by atoms with Crippen LogP contribution in [0.25, 0.3) is 5.57 Å². The molecule has 1 N–H and O–H groups in total. The average molecular weight is 293 g/mol. The maximum atomic E-state index is 12.4. The van der Waals surface area contributed by atoms with Crippen LogP contribution in [-0.2, 0) is 4.79 Å². The first-order chi connectivity index (χ1) is 10.8. The third-order valence-electron chi connectivity index (χ3n) is 3.04. The molecule has 0 aliphatic carbocycles. The van der Waals surface area contributed by atoms with Crippen molar-refractivity contribution in [2.45, 2.75) is 20.3 Å². The van der Waals surface area contributed by atoms with Crippen LogP contribution in [0.15, 0.2) is 54.3 Å². The van der Waals surface area contributed by atoms with E-state index in [0.717, 1.165) is 12.0 Å². The second-order valence-electron chi connectivity index (χ2n) is 4.77. The van der Waals surface area contributed by atoms with Gasteiger partial charge in [0.05, 0.1) is 11.1 Å². The van der Waals surface area contributed by atoms with Gasteiger partial charge < -0.3 is 10.1 Å². The lowest BCUT2D eigenvalue weighted by Gasteiger charge is -2.10. The van der Waals surface area contributed by atoms with Crippen LogP contribution in [0.5, 0.6) is 5.75 Å². The largest absolute Gasteiger partial charge is 0.463 e. The summed E-state index contributed by atoms with van der Waals surface area (Å²) in [6.45, 7) is 4.57. The maximum absolute atomic E-state index is 12.4. The molecule has 0 spiro atoms. The average Bonchev–Trinajstić information content (AvgIpc) is 2.73. The Bertz CT molecular complexity index is 700. The topological polar surface area (TPSA) is 38.3 Å². The van der Waals surface area contributed by atoms with Gasteiger partial charge in [0.15, 0.2) is 0 Å². The molecule has 1 heterocycles. The summed E-state index contributed by atoms with van der Waals surface area (Å²) in [7, 11) is 0. The van der Waals surface area contributed by atoms with Gasteiger partial charge in [0, 0.05) is 12.1 Å². The van der Waals surface area contributed by atoms with Crippen molar-refractivity contribution >= 4 is 11.5 Å². The van der Waals surface area contributed by atoms with Gasteiger partial charge >= 0.3 is 0 Å². The van der Waals surface area contributed by atoms with E-state index < -0.39 is 0 Å². The minimum atomic E-state index is -0.112. The molecule has 0 saturated heterocycles. The molecule has 1 aromatic carbocycles. The van der Waals surface area contributed by atoms with Gasteiger partial charge in [-0.2, -0.15) is 0 Å². The Hall–Kier alpha value is -2.73. The molecule has 1 aliphatic heterocycles. The molecule has 22 heavy (non-hydrogen) atoms. The molecule has 1 amide bonds. The highest BCUT2D eigenvalue weighted by Gasteiger charge is 2.18. The zero-order chi connectivity index (χ0) is 15.8. The second kappa shape index (κ2) is 7.90. The number of benzene rings is 1. The lowest BCUT2D eigenvalue weighted by atomic mass is 10.0. The van der Waals surface area contributed by atoms with E-state index in [9.17, 15) is 4.79 Å². The van der Waals surface area contributed by atoms with Gasteiger partial charge in [0.25, 0.3) is 5.91 Å². The number of carbonyl (C=O) groups is 1. The molecule has 2 rings (SSSR count). The van der Waals surface area contributed by atoms with E-state index in [1.165, 1.54) is 0 Å². The summed E-state index contributed by atoms with van der Waals surface area (Å²) in [4.78, 5) is 12.4. The molecule has 0 saturated carbocycles. The van der Waals surface area contributed by atoms with Gasteiger partial charge in [-0.05, 0) is 31.6 Å². The number of rotatable bonds is 3. The quantitative estimate of drug-likeness (QED) is 0.867. The van der Waals surface area contributed by atoms with Crippen LogP contribution >= 0.6 is 0 Å². The molecule has 0 radical (unpaired) electrons. The van der Waals surface area contributed by atoms with Crippen molar-refractivity contribution in [1.82, 2.24) is 5.32 Å². The van der Waals surface area contributed by atoms with Gasteiger partial charge in [-0.1, -0.05) is 43.0 Å². The molecular formula is C19H19NO2. The molecular weight excluding hydrogens is 274 g/mol. The van der Waals surface area contributed by atoms with Gasteiger partial charge in [0.1, 0.15) is 12.0 Å². The van der Waals surface area contributed by atoms with Crippen molar-refractivity contribution < 1.29 is 9.53 Å². The monoisotopic (exact) mass is 293 g/mol. The summed E-state index contributed by atoms with van der Waals surface area (Å²) in [6, 6.07) is 7.49. The smallest absolute Gasteiger partial charge is 0.252 e. The molecule has 1 aromatic rings. The van der Waals surface area contributed by atoms with Crippen molar-refractivity contribution in [2.75, 3.05) is 6.54 Å². The first kappa shape index (κ1) is 15.7. The summed E-state index contributed by atoms with van der Waals surface area (Å²) in [6.07, 6.45) is 7.85. The molecule has 3 nitrogen and oxygen atoms in total. The number of ether oxygens (including phenoxy) is 1. The fourth-order valence-electron chi connectivity index (χ4n) is 1.98. The van der Waals surface area contributed by atoms with Crippen molar-refractivity contribution in [1.29, 1.82) is 0 Å². The highest BCUT2D eigenvalue weighted by atomic mass is 16.5. The highest BCUT2D eigenvalue weighted by Crippen LogP contribution is 2.30. The van der Waals surface area contributed by atoms with Crippen LogP contribution in [0.3, 0.4) is 0 Å². The Morgan fingerprint density at radius 3 is 2.95 bits per heavy atom. The van der Waals surface area contributed by atoms with E-state index in [1.54, 1.807) is 18.4 Å². The predicted octanol–water partition coefficient (Wildman–Crippen LogP) is 3.45. The number of carbonyl (C=O) groups excluding carboxylic acids is 1. The number of hydrogen-bond donors (Lipinski definition) is 1. The van der Waals surface area contributed by atoms with Gasteiger partial charge in [0.2, 0.25) is 0 Å². The third kappa shape index (κ3) is 3.89. The number of fused-ring (bicyclic) bond motifs is 1. The van der Waals surface area contributed by atoms with Crippen molar-refractivity contribution in [3.63, 3.8) is 0 Å². The van der Waals surface area contributed by atoms with Crippen LogP contribution in [0, 0.1) is 11.8 Å². The van der Waals surface area contributed by atoms with Gasteiger partial charge in [-0.3, -0.25) is 4.79 Å². The predicted molar refractivity (Wildman–Crippen MR) is 89.0 cm³/mol. The van der Waals surface area contributed by atoms with Crippen LogP contribution in [0.4, 0.5) is 0 Å². The lowest BCUT2D eigenvalue weighted by molar-refractivity contribution is -0.115. The van der Waals surface area contributed by atoms with E-state index >= 15 is 0 Å². The van der Waals surface area contributed by atoms with Crippen LogP contribution in [0.1, 0.15) is 25.8 Å². The fourth-order valence-corrected chi connectivity index (χ4v) is 1.98. The maximum Gasteiger partial charge on any atom is 0.252 e. The number of para-hydroxylation sites is 1. The summed E-state index contributed by atoms with van der Waals surface area (Å²) in [5.41, 5.74) is 2.01. The summed E-state index contributed by atoms with van der Waals surface area (Å²) >= 11 is 0. The van der Waals surface area contributed by atoms with Crippen LogP contribution in [-0.4, -0.2) is 12.5 Å². The normalized spacial score (nSPS) is 13.0.